The van der Waals surface area contributed by atoms with Crippen molar-refractivity contribution in [1.29, 1.82) is 0 Å². The number of amides is 1. The Morgan fingerprint density at radius 3 is 2.54 bits per heavy atom. The van der Waals surface area contributed by atoms with E-state index >= 15 is 0 Å². The van der Waals surface area contributed by atoms with Gasteiger partial charge in [0.2, 0.25) is 0 Å². The Morgan fingerprint density at radius 1 is 1.23 bits per heavy atom. The van der Waals surface area contributed by atoms with Gasteiger partial charge in [0.25, 0.3) is 5.91 Å². The summed E-state index contributed by atoms with van der Waals surface area (Å²) in [6.07, 6.45) is 1.21. The van der Waals surface area contributed by atoms with Gasteiger partial charge in [0.05, 0.1) is 22.2 Å². The van der Waals surface area contributed by atoms with Crippen LogP contribution in [0.4, 0.5) is 4.39 Å². The lowest BCUT2D eigenvalue weighted by Crippen LogP contribution is -2.39. The maximum absolute atomic E-state index is 14.2. The van der Waals surface area contributed by atoms with Crippen LogP contribution in [0.5, 0.6) is 0 Å². The van der Waals surface area contributed by atoms with E-state index in [9.17, 15) is 14.0 Å². The summed E-state index contributed by atoms with van der Waals surface area (Å²) in [6, 6.07) is 9.03. The van der Waals surface area contributed by atoms with Crippen LogP contribution < -0.4 is 0 Å². The van der Waals surface area contributed by atoms with Gasteiger partial charge in [-0.1, -0.05) is 23.7 Å². The average Bonchev–Trinajstić information content (AvgIpc) is 2.96. The Morgan fingerprint density at radius 2 is 1.92 bits per heavy atom. The molecule has 1 atom stereocenters. The number of fused-ring (bicyclic) bond motifs is 1. The highest BCUT2D eigenvalue weighted by Gasteiger charge is 2.35. The predicted molar refractivity (Wildman–Crippen MR) is 97.2 cm³/mol. The summed E-state index contributed by atoms with van der Waals surface area (Å²) in [4.78, 5) is 26.0. The molecule has 6 heteroatoms. The molecule has 2 aromatic carbocycles. The molecular weight excluding hydrogens is 357 g/mol. The van der Waals surface area contributed by atoms with Crippen molar-refractivity contribution in [1.82, 2.24) is 4.90 Å². The van der Waals surface area contributed by atoms with Gasteiger partial charge >= 0.3 is 5.97 Å². The summed E-state index contributed by atoms with van der Waals surface area (Å²) < 4.78 is 14.2. The number of aromatic carboxylic acids is 1. The normalized spacial score (nSPS) is 15.8. The number of carboxylic acid groups (broad SMARTS) is 1. The Labute approximate surface area is 156 Å². The quantitative estimate of drug-likeness (QED) is 0.841. The highest BCUT2D eigenvalue weighted by atomic mass is 35.5. The molecule has 0 radical (unpaired) electrons. The maximum atomic E-state index is 14.2. The van der Waals surface area contributed by atoms with E-state index in [2.05, 4.69) is 0 Å². The summed E-state index contributed by atoms with van der Waals surface area (Å²) in [5, 5.41) is 9.48. The second-order valence-electron chi connectivity index (χ2n) is 6.68. The topological polar surface area (TPSA) is 57.6 Å². The fraction of sp³-hybridized carbons (Fsp3) is 0.300. The van der Waals surface area contributed by atoms with Gasteiger partial charge in [0.1, 0.15) is 5.82 Å². The molecule has 1 aliphatic rings. The van der Waals surface area contributed by atoms with Crippen molar-refractivity contribution in [2.45, 2.75) is 38.8 Å². The van der Waals surface area contributed by atoms with Crippen molar-refractivity contribution < 1.29 is 19.1 Å². The molecule has 1 amide bonds. The molecule has 0 bridgehead atoms. The molecule has 0 aliphatic heterocycles. The van der Waals surface area contributed by atoms with Crippen LogP contribution in [0.25, 0.3) is 0 Å². The zero-order chi connectivity index (χ0) is 19.0. The van der Waals surface area contributed by atoms with Crippen LogP contribution in [0.3, 0.4) is 0 Å². The Kier molecular flexibility index (Phi) is 5.01. The van der Waals surface area contributed by atoms with E-state index in [1.54, 1.807) is 29.2 Å². The summed E-state index contributed by atoms with van der Waals surface area (Å²) in [5.41, 5.74) is 1.50. The van der Waals surface area contributed by atoms with Gasteiger partial charge < -0.3 is 10.0 Å². The van der Waals surface area contributed by atoms with Gasteiger partial charge in [0, 0.05) is 6.04 Å². The summed E-state index contributed by atoms with van der Waals surface area (Å²) in [7, 11) is 0. The van der Waals surface area contributed by atoms with Crippen molar-refractivity contribution >= 4 is 23.5 Å². The summed E-state index contributed by atoms with van der Waals surface area (Å²) in [6.45, 7) is 3.80. The van der Waals surface area contributed by atoms with E-state index in [4.69, 9.17) is 16.7 Å². The summed E-state index contributed by atoms with van der Waals surface area (Å²) >= 11 is 6.18. The fourth-order valence-corrected chi connectivity index (χ4v) is 3.79. The Bertz CT molecular complexity index is 881. The standard InChI is InChI=1S/C20H19ClFNO3/c1-11(2)23(19(24)13-5-3-4-6-16(13)21)18-8-7-12-9-15(20(25)26)17(22)10-14(12)18/h3-6,9-11,18H,7-8H2,1-2H3,(H,25,26). The number of nitrogens with zero attached hydrogens (tertiary/aromatic N) is 1. The van der Waals surface area contributed by atoms with Gasteiger partial charge in [-0.3, -0.25) is 4.79 Å². The zero-order valence-electron chi connectivity index (χ0n) is 14.5. The first kappa shape index (κ1) is 18.4. The van der Waals surface area contributed by atoms with E-state index in [0.717, 1.165) is 5.56 Å². The lowest BCUT2D eigenvalue weighted by molar-refractivity contribution is 0.0604. The lowest BCUT2D eigenvalue weighted by Gasteiger charge is -2.34. The first-order valence-electron chi connectivity index (χ1n) is 8.44. The minimum Gasteiger partial charge on any atom is -0.478 e. The van der Waals surface area contributed by atoms with Gasteiger partial charge in [-0.05, 0) is 62.1 Å². The van der Waals surface area contributed by atoms with Crippen molar-refractivity contribution in [2.75, 3.05) is 0 Å². The van der Waals surface area contributed by atoms with Gasteiger partial charge in [-0.25, -0.2) is 9.18 Å². The lowest BCUT2D eigenvalue weighted by atomic mass is 10.0. The van der Waals surface area contributed by atoms with Crippen LogP contribution in [0.1, 0.15) is 58.2 Å². The molecule has 1 unspecified atom stereocenters. The molecule has 0 saturated carbocycles. The summed E-state index contributed by atoms with van der Waals surface area (Å²) in [5.74, 6) is -2.29. The van der Waals surface area contributed by atoms with Gasteiger partial charge in [-0.2, -0.15) is 0 Å². The molecule has 4 nitrogen and oxygen atoms in total. The molecule has 0 heterocycles. The van der Waals surface area contributed by atoms with Crippen LogP contribution in [0.2, 0.25) is 5.02 Å². The largest absolute Gasteiger partial charge is 0.478 e. The second-order valence-corrected chi connectivity index (χ2v) is 7.08. The van der Waals surface area contributed by atoms with E-state index in [1.165, 1.54) is 12.1 Å². The number of halogens is 2. The Hall–Kier alpha value is -2.40. The van der Waals surface area contributed by atoms with E-state index in [0.29, 0.717) is 29.0 Å². The highest BCUT2D eigenvalue weighted by molar-refractivity contribution is 6.33. The number of benzene rings is 2. The molecule has 1 aliphatic carbocycles. The molecule has 1 N–H and O–H groups in total. The molecule has 26 heavy (non-hydrogen) atoms. The molecule has 0 fully saturated rings. The minimum absolute atomic E-state index is 0.128. The molecule has 2 aromatic rings. The maximum Gasteiger partial charge on any atom is 0.338 e. The predicted octanol–water partition coefficient (Wildman–Crippen LogP) is 4.72. The number of carbonyl (C=O) groups is 2. The molecule has 0 spiro atoms. The first-order chi connectivity index (χ1) is 12.3. The molecule has 0 aromatic heterocycles. The third-order valence-electron chi connectivity index (χ3n) is 4.74. The third-order valence-corrected chi connectivity index (χ3v) is 5.07. The first-order valence-corrected chi connectivity index (χ1v) is 8.82. The highest BCUT2D eigenvalue weighted by Crippen LogP contribution is 2.39. The van der Waals surface area contributed by atoms with Crippen LogP contribution in [0, 0.1) is 5.82 Å². The number of rotatable bonds is 4. The molecule has 136 valence electrons. The minimum atomic E-state index is -1.29. The van der Waals surface area contributed by atoms with Crippen LogP contribution in [-0.4, -0.2) is 27.9 Å². The number of carboxylic acids is 1. The van der Waals surface area contributed by atoms with Crippen LogP contribution >= 0.6 is 11.6 Å². The van der Waals surface area contributed by atoms with Crippen LogP contribution in [-0.2, 0) is 6.42 Å². The Balaban J connectivity index is 2.02. The van der Waals surface area contributed by atoms with Gasteiger partial charge in [0.15, 0.2) is 0 Å². The molecule has 3 rings (SSSR count). The van der Waals surface area contributed by atoms with Crippen molar-refractivity contribution in [3.63, 3.8) is 0 Å². The molecular formula is C20H19ClFNO3. The van der Waals surface area contributed by atoms with E-state index in [-0.39, 0.29) is 23.6 Å². The number of hydrogen-bond donors (Lipinski definition) is 1. The zero-order valence-corrected chi connectivity index (χ0v) is 15.3. The smallest absolute Gasteiger partial charge is 0.338 e. The third kappa shape index (κ3) is 3.19. The SMILES string of the molecule is CC(C)N(C(=O)c1ccccc1Cl)C1CCc2cc(C(=O)O)c(F)cc21. The fourth-order valence-electron chi connectivity index (χ4n) is 3.57. The second kappa shape index (κ2) is 7.08. The van der Waals surface area contributed by atoms with E-state index < -0.39 is 11.8 Å². The van der Waals surface area contributed by atoms with Crippen molar-refractivity contribution in [2.24, 2.45) is 0 Å². The van der Waals surface area contributed by atoms with Crippen LogP contribution in [0.15, 0.2) is 36.4 Å². The number of aryl methyl sites for hydroxylation is 1. The monoisotopic (exact) mass is 375 g/mol. The van der Waals surface area contributed by atoms with Crippen molar-refractivity contribution in [3.05, 3.63) is 69.5 Å². The average molecular weight is 376 g/mol. The van der Waals surface area contributed by atoms with Crippen molar-refractivity contribution in [3.8, 4) is 0 Å². The molecule has 0 saturated heterocycles. The van der Waals surface area contributed by atoms with Gasteiger partial charge in [-0.15, -0.1) is 0 Å². The number of hydrogen-bond acceptors (Lipinski definition) is 2. The number of carbonyl (C=O) groups excluding carboxylic acids is 1. The van der Waals surface area contributed by atoms with E-state index in [1.807, 2.05) is 13.8 Å².